The number of hydrogen-bond donors (Lipinski definition) is 2. The molecule has 6 heteroatoms. The summed E-state index contributed by atoms with van der Waals surface area (Å²) in [6, 6.07) is 6.63. The van der Waals surface area contributed by atoms with Crippen molar-refractivity contribution >= 4 is 15.7 Å². The molecule has 0 aliphatic rings. The van der Waals surface area contributed by atoms with Crippen molar-refractivity contribution in [3.63, 3.8) is 0 Å². The summed E-state index contributed by atoms with van der Waals surface area (Å²) in [7, 11) is -3.14. The third-order valence-electron chi connectivity index (χ3n) is 2.23. The number of nitrogens with two attached hydrogens (primary N) is 1. The minimum atomic E-state index is -3.14. The van der Waals surface area contributed by atoms with Crippen LogP contribution < -0.4 is 11.1 Å². The Balaban J connectivity index is 2.49. The second-order valence-electron chi connectivity index (χ2n) is 3.81. The Morgan fingerprint density at radius 2 is 1.88 bits per heavy atom. The molecule has 1 aromatic rings. The molecular weight excluding hydrogens is 240 g/mol. The second kappa shape index (κ2) is 5.79. The lowest BCUT2D eigenvalue weighted by Gasteiger charge is -2.04. The van der Waals surface area contributed by atoms with E-state index >= 15 is 0 Å². The Kier molecular flexibility index (Phi) is 4.65. The normalized spacial score (nSPS) is 11.4. The van der Waals surface area contributed by atoms with E-state index in [1.54, 1.807) is 24.3 Å². The largest absolute Gasteiger partial charge is 0.370 e. The molecule has 0 aliphatic heterocycles. The predicted molar refractivity (Wildman–Crippen MR) is 65.1 cm³/mol. The molecule has 1 amide bonds. The van der Waals surface area contributed by atoms with Crippen LogP contribution in [0.3, 0.4) is 0 Å². The van der Waals surface area contributed by atoms with E-state index in [9.17, 15) is 13.2 Å². The van der Waals surface area contributed by atoms with Gasteiger partial charge in [-0.1, -0.05) is 12.1 Å². The summed E-state index contributed by atoms with van der Waals surface area (Å²) in [6.07, 6.45) is 1.47. The van der Waals surface area contributed by atoms with Crippen molar-refractivity contribution in [1.29, 1.82) is 0 Å². The first-order valence-electron chi connectivity index (χ1n) is 5.17. The predicted octanol–water partition coefficient (Wildman–Crippen LogP) is 0.0551. The molecule has 0 aliphatic carbocycles. The van der Waals surface area contributed by atoms with Gasteiger partial charge in [-0.3, -0.25) is 4.79 Å². The van der Waals surface area contributed by atoms with E-state index in [1.165, 1.54) is 6.26 Å². The Morgan fingerprint density at radius 1 is 1.29 bits per heavy atom. The van der Waals surface area contributed by atoms with Crippen LogP contribution >= 0.6 is 0 Å². The Labute approximate surface area is 101 Å². The third kappa shape index (κ3) is 4.97. The zero-order chi connectivity index (χ0) is 12.9. The van der Waals surface area contributed by atoms with Crippen molar-refractivity contribution in [2.75, 3.05) is 12.8 Å². The number of benzene rings is 1. The van der Waals surface area contributed by atoms with E-state index in [0.717, 1.165) is 5.56 Å². The number of amides is 1. The Hall–Kier alpha value is -1.40. The van der Waals surface area contributed by atoms with E-state index < -0.39 is 9.84 Å². The second-order valence-corrected chi connectivity index (χ2v) is 5.82. The molecule has 17 heavy (non-hydrogen) atoms. The number of carbonyl (C=O) groups excluding carboxylic acids is 1. The fourth-order valence-electron chi connectivity index (χ4n) is 1.30. The van der Waals surface area contributed by atoms with E-state index in [1.807, 2.05) is 0 Å². The van der Waals surface area contributed by atoms with Crippen molar-refractivity contribution in [1.82, 2.24) is 5.32 Å². The zero-order valence-corrected chi connectivity index (χ0v) is 10.5. The van der Waals surface area contributed by atoms with Gasteiger partial charge < -0.3 is 11.1 Å². The fraction of sp³-hybridized carbons (Fsp3) is 0.364. The Bertz CT molecular complexity index is 480. The van der Waals surface area contributed by atoms with Crippen molar-refractivity contribution < 1.29 is 13.2 Å². The molecule has 0 bridgehead atoms. The highest BCUT2D eigenvalue weighted by atomic mass is 32.2. The van der Waals surface area contributed by atoms with E-state index in [-0.39, 0.29) is 5.91 Å². The molecule has 94 valence electrons. The lowest BCUT2D eigenvalue weighted by Crippen LogP contribution is -2.21. The van der Waals surface area contributed by atoms with Gasteiger partial charge in [0.2, 0.25) is 5.91 Å². The number of nitrogens with one attached hydrogen (secondary N) is 1. The summed E-state index contributed by atoms with van der Waals surface area (Å²) < 4.78 is 22.4. The molecule has 0 radical (unpaired) electrons. The standard InChI is InChI=1S/C11H16N2O3S/c1-17(15,16)10-4-2-9(3-5-10)8-13-7-6-11(12)14/h2-5,13H,6-8H2,1H3,(H2,12,14). The van der Waals surface area contributed by atoms with Crippen LogP contribution in [-0.2, 0) is 21.2 Å². The van der Waals surface area contributed by atoms with Crippen molar-refractivity contribution in [3.05, 3.63) is 29.8 Å². The van der Waals surface area contributed by atoms with Crippen molar-refractivity contribution in [3.8, 4) is 0 Å². The van der Waals surface area contributed by atoms with Crippen LogP contribution in [0.1, 0.15) is 12.0 Å². The van der Waals surface area contributed by atoms with E-state index in [4.69, 9.17) is 5.73 Å². The first-order valence-corrected chi connectivity index (χ1v) is 7.07. The summed E-state index contributed by atoms with van der Waals surface area (Å²) in [5, 5.41) is 3.04. The maximum Gasteiger partial charge on any atom is 0.218 e. The molecule has 0 aromatic heterocycles. The van der Waals surface area contributed by atoms with Gasteiger partial charge in [0, 0.05) is 25.8 Å². The molecule has 0 saturated heterocycles. The maximum absolute atomic E-state index is 11.2. The number of primary amides is 1. The highest BCUT2D eigenvalue weighted by molar-refractivity contribution is 7.90. The SMILES string of the molecule is CS(=O)(=O)c1ccc(CNCCC(N)=O)cc1. The number of hydrogen-bond acceptors (Lipinski definition) is 4. The van der Waals surface area contributed by atoms with Crippen LogP contribution in [0.25, 0.3) is 0 Å². The number of sulfone groups is 1. The van der Waals surface area contributed by atoms with Crippen LogP contribution in [0.2, 0.25) is 0 Å². The van der Waals surface area contributed by atoms with Gasteiger partial charge in [-0.05, 0) is 17.7 Å². The van der Waals surface area contributed by atoms with Gasteiger partial charge in [0.25, 0.3) is 0 Å². The molecular formula is C11H16N2O3S. The molecule has 0 atom stereocenters. The summed E-state index contributed by atoms with van der Waals surface area (Å²) >= 11 is 0. The molecule has 0 heterocycles. The number of carbonyl (C=O) groups is 1. The quantitative estimate of drug-likeness (QED) is 0.704. The van der Waals surface area contributed by atoms with Crippen LogP contribution in [-0.4, -0.2) is 27.1 Å². The van der Waals surface area contributed by atoms with Gasteiger partial charge in [0.05, 0.1) is 4.90 Å². The summed E-state index contributed by atoms with van der Waals surface area (Å²) in [6.45, 7) is 1.10. The van der Waals surface area contributed by atoms with E-state index in [0.29, 0.717) is 24.4 Å². The molecule has 0 spiro atoms. The topological polar surface area (TPSA) is 89.3 Å². The van der Waals surface area contributed by atoms with Gasteiger partial charge in [-0.2, -0.15) is 0 Å². The minimum absolute atomic E-state index is 0.293. The van der Waals surface area contributed by atoms with Crippen LogP contribution in [0.5, 0.6) is 0 Å². The van der Waals surface area contributed by atoms with Crippen molar-refractivity contribution in [2.24, 2.45) is 5.73 Å². The number of rotatable bonds is 6. The van der Waals surface area contributed by atoms with Gasteiger partial charge in [-0.25, -0.2) is 8.42 Å². The molecule has 0 unspecified atom stereocenters. The average molecular weight is 256 g/mol. The molecule has 1 rings (SSSR count). The Morgan fingerprint density at radius 3 is 2.35 bits per heavy atom. The van der Waals surface area contributed by atoms with Crippen LogP contribution in [0, 0.1) is 0 Å². The first-order chi connectivity index (χ1) is 7.89. The summed E-state index contributed by atoms with van der Waals surface area (Å²) in [5.41, 5.74) is 5.95. The maximum atomic E-state index is 11.2. The smallest absolute Gasteiger partial charge is 0.218 e. The average Bonchev–Trinajstić information content (AvgIpc) is 2.23. The molecule has 0 saturated carbocycles. The fourth-order valence-corrected chi connectivity index (χ4v) is 1.93. The highest BCUT2D eigenvalue weighted by Crippen LogP contribution is 2.09. The van der Waals surface area contributed by atoms with Gasteiger partial charge in [0.1, 0.15) is 0 Å². The lowest BCUT2D eigenvalue weighted by atomic mass is 10.2. The first kappa shape index (κ1) is 13.7. The summed E-state index contributed by atoms with van der Waals surface area (Å²) in [5.74, 6) is -0.343. The highest BCUT2D eigenvalue weighted by Gasteiger charge is 2.05. The summed E-state index contributed by atoms with van der Waals surface area (Å²) in [4.78, 5) is 10.8. The molecule has 5 nitrogen and oxygen atoms in total. The third-order valence-corrected chi connectivity index (χ3v) is 3.36. The minimum Gasteiger partial charge on any atom is -0.370 e. The van der Waals surface area contributed by atoms with Gasteiger partial charge in [-0.15, -0.1) is 0 Å². The van der Waals surface area contributed by atoms with Crippen LogP contribution in [0.15, 0.2) is 29.2 Å². The van der Waals surface area contributed by atoms with Gasteiger partial charge in [0.15, 0.2) is 9.84 Å². The molecule has 3 N–H and O–H groups in total. The van der Waals surface area contributed by atoms with Crippen molar-refractivity contribution in [2.45, 2.75) is 17.9 Å². The van der Waals surface area contributed by atoms with E-state index in [2.05, 4.69) is 5.32 Å². The zero-order valence-electron chi connectivity index (χ0n) is 9.64. The molecule has 1 aromatic carbocycles. The lowest BCUT2D eigenvalue weighted by molar-refractivity contribution is -0.117. The van der Waals surface area contributed by atoms with Crippen LogP contribution in [0.4, 0.5) is 0 Å². The molecule has 0 fully saturated rings. The monoisotopic (exact) mass is 256 g/mol. The van der Waals surface area contributed by atoms with Gasteiger partial charge >= 0.3 is 0 Å².